The lowest BCUT2D eigenvalue weighted by molar-refractivity contribution is 0.790. The van der Waals surface area contributed by atoms with Gasteiger partial charge in [0.25, 0.3) is 0 Å². The Hall–Kier alpha value is -0.890. The van der Waals surface area contributed by atoms with E-state index >= 15 is 0 Å². The van der Waals surface area contributed by atoms with Crippen molar-refractivity contribution in [1.29, 1.82) is 0 Å². The quantitative estimate of drug-likeness (QED) is 0.764. The van der Waals surface area contributed by atoms with Crippen molar-refractivity contribution in [1.82, 2.24) is 0 Å². The smallest absolute Gasteiger partial charge is 0.0612 e. The summed E-state index contributed by atoms with van der Waals surface area (Å²) in [6, 6.07) is 13.7. The molecule has 0 spiro atoms. The van der Waals surface area contributed by atoms with Gasteiger partial charge in [0, 0.05) is 16.8 Å². The molecule has 0 aromatic heterocycles. The first-order valence-corrected chi connectivity index (χ1v) is 7.14. The molecule has 2 aromatic rings. The van der Waals surface area contributed by atoms with Crippen LogP contribution in [-0.2, 0) is 6.42 Å². The van der Waals surface area contributed by atoms with Crippen molar-refractivity contribution in [3.05, 3.63) is 63.1 Å². The molecule has 100 valence electrons. The molecule has 2 rings (SSSR count). The van der Waals surface area contributed by atoms with Crippen molar-refractivity contribution in [2.45, 2.75) is 19.4 Å². The number of benzene rings is 2. The van der Waals surface area contributed by atoms with E-state index in [9.17, 15) is 0 Å². The Kier molecular flexibility index (Phi) is 4.98. The second-order valence-corrected chi connectivity index (χ2v) is 5.76. The highest BCUT2D eigenvalue weighted by molar-refractivity contribution is 6.42. The number of hydrogen-bond acceptors (Lipinski definition) is 1. The van der Waals surface area contributed by atoms with Crippen molar-refractivity contribution in [3.63, 3.8) is 0 Å². The van der Waals surface area contributed by atoms with E-state index in [1.165, 1.54) is 5.56 Å². The Morgan fingerprint density at radius 3 is 2.26 bits per heavy atom. The second kappa shape index (κ2) is 6.51. The standard InChI is InChI=1S/C15H14Cl3N/c1-10(8-11-2-4-12(16)5-3-11)19-13-6-7-14(17)15(18)9-13/h2-7,9-10,19H,8H2,1H3. The summed E-state index contributed by atoms with van der Waals surface area (Å²) in [6.07, 6.45) is 0.914. The Morgan fingerprint density at radius 1 is 0.947 bits per heavy atom. The van der Waals surface area contributed by atoms with E-state index in [-0.39, 0.29) is 0 Å². The maximum Gasteiger partial charge on any atom is 0.0612 e. The van der Waals surface area contributed by atoms with Crippen molar-refractivity contribution in [2.24, 2.45) is 0 Å². The van der Waals surface area contributed by atoms with Gasteiger partial charge in [0.15, 0.2) is 0 Å². The predicted octanol–water partition coefficient (Wildman–Crippen LogP) is 5.69. The average Bonchev–Trinajstić information content (AvgIpc) is 2.37. The molecule has 0 amide bonds. The molecule has 0 aliphatic heterocycles. The van der Waals surface area contributed by atoms with Gasteiger partial charge in [-0.3, -0.25) is 0 Å². The molecule has 4 heteroatoms. The lowest BCUT2D eigenvalue weighted by Gasteiger charge is -2.16. The van der Waals surface area contributed by atoms with E-state index in [1.807, 2.05) is 36.4 Å². The van der Waals surface area contributed by atoms with E-state index < -0.39 is 0 Å². The highest BCUT2D eigenvalue weighted by atomic mass is 35.5. The van der Waals surface area contributed by atoms with Gasteiger partial charge >= 0.3 is 0 Å². The molecule has 19 heavy (non-hydrogen) atoms. The zero-order valence-electron chi connectivity index (χ0n) is 10.5. The van der Waals surface area contributed by atoms with Gasteiger partial charge in [-0.05, 0) is 49.2 Å². The van der Waals surface area contributed by atoms with Crippen LogP contribution in [0.2, 0.25) is 15.1 Å². The van der Waals surface area contributed by atoms with Crippen molar-refractivity contribution >= 4 is 40.5 Å². The third kappa shape index (κ3) is 4.31. The van der Waals surface area contributed by atoms with Crippen LogP contribution in [0.25, 0.3) is 0 Å². The maximum atomic E-state index is 5.99. The normalized spacial score (nSPS) is 12.2. The van der Waals surface area contributed by atoms with Crippen LogP contribution < -0.4 is 5.32 Å². The van der Waals surface area contributed by atoms with Gasteiger partial charge < -0.3 is 5.32 Å². The Labute approximate surface area is 128 Å². The minimum Gasteiger partial charge on any atom is -0.382 e. The summed E-state index contributed by atoms with van der Waals surface area (Å²) < 4.78 is 0. The molecule has 0 saturated carbocycles. The molecule has 0 aliphatic rings. The maximum absolute atomic E-state index is 5.99. The van der Waals surface area contributed by atoms with Crippen molar-refractivity contribution in [3.8, 4) is 0 Å². The minimum absolute atomic E-state index is 0.290. The van der Waals surface area contributed by atoms with E-state index in [0.29, 0.717) is 16.1 Å². The van der Waals surface area contributed by atoms with Gasteiger partial charge in [-0.1, -0.05) is 46.9 Å². The molecule has 0 aliphatic carbocycles. The zero-order chi connectivity index (χ0) is 13.8. The largest absolute Gasteiger partial charge is 0.382 e. The zero-order valence-corrected chi connectivity index (χ0v) is 12.7. The summed E-state index contributed by atoms with van der Waals surface area (Å²) in [4.78, 5) is 0. The van der Waals surface area contributed by atoms with Crippen LogP contribution in [-0.4, -0.2) is 6.04 Å². The Morgan fingerprint density at radius 2 is 1.63 bits per heavy atom. The lowest BCUT2D eigenvalue weighted by Crippen LogP contribution is -2.17. The molecule has 1 N–H and O–H groups in total. The van der Waals surface area contributed by atoms with Gasteiger partial charge in [0.1, 0.15) is 0 Å². The van der Waals surface area contributed by atoms with Crippen LogP contribution in [0, 0.1) is 0 Å². The van der Waals surface area contributed by atoms with E-state index in [1.54, 1.807) is 6.07 Å². The fourth-order valence-electron chi connectivity index (χ4n) is 1.90. The van der Waals surface area contributed by atoms with Crippen molar-refractivity contribution < 1.29 is 0 Å². The molecular weight excluding hydrogens is 301 g/mol. The molecule has 0 saturated heterocycles. The summed E-state index contributed by atoms with van der Waals surface area (Å²) in [6.45, 7) is 2.12. The van der Waals surface area contributed by atoms with Gasteiger partial charge in [-0.25, -0.2) is 0 Å². The first-order valence-electron chi connectivity index (χ1n) is 6.00. The summed E-state index contributed by atoms with van der Waals surface area (Å²) in [5.41, 5.74) is 2.21. The number of anilines is 1. The monoisotopic (exact) mass is 313 g/mol. The molecule has 1 nitrogen and oxygen atoms in total. The highest BCUT2D eigenvalue weighted by Crippen LogP contribution is 2.25. The highest BCUT2D eigenvalue weighted by Gasteiger charge is 2.05. The van der Waals surface area contributed by atoms with Gasteiger partial charge in [0.05, 0.1) is 10.0 Å². The molecule has 0 bridgehead atoms. The Bertz CT molecular complexity index is 552. The number of hydrogen-bond donors (Lipinski definition) is 1. The fourth-order valence-corrected chi connectivity index (χ4v) is 2.32. The SMILES string of the molecule is CC(Cc1ccc(Cl)cc1)Nc1ccc(Cl)c(Cl)c1. The summed E-state index contributed by atoms with van der Waals surface area (Å²) in [7, 11) is 0. The predicted molar refractivity (Wildman–Crippen MR) is 84.7 cm³/mol. The fraction of sp³-hybridized carbons (Fsp3) is 0.200. The van der Waals surface area contributed by atoms with Crippen molar-refractivity contribution in [2.75, 3.05) is 5.32 Å². The molecule has 0 fully saturated rings. The average molecular weight is 315 g/mol. The molecule has 1 atom stereocenters. The molecule has 1 unspecified atom stereocenters. The van der Waals surface area contributed by atoms with Gasteiger partial charge in [-0.15, -0.1) is 0 Å². The van der Waals surface area contributed by atoms with E-state index in [4.69, 9.17) is 34.8 Å². The van der Waals surface area contributed by atoms with Gasteiger partial charge in [0.2, 0.25) is 0 Å². The summed E-state index contributed by atoms with van der Waals surface area (Å²) >= 11 is 17.7. The second-order valence-electron chi connectivity index (χ2n) is 4.50. The van der Waals surface area contributed by atoms with Gasteiger partial charge in [-0.2, -0.15) is 0 Å². The molecular formula is C15H14Cl3N. The summed E-state index contributed by atoms with van der Waals surface area (Å²) in [5, 5.41) is 5.28. The number of halogens is 3. The van der Waals surface area contributed by atoms with Crippen LogP contribution in [0.5, 0.6) is 0 Å². The third-order valence-corrected chi connectivity index (χ3v) is 3.78. The topological polar surface area (TPSA) is 12.0 Å². The van der Waals surface area contributed by atoms with E-state index in [2.05, 4.69) is 12.2 Å². The molecule has 0 heterocycles. The number of rotatable bonds is 4. The van der Waals surface area contributed by atoms with Crippen LogP contribution >= 0.6 is 34.8 Å². The van der Waals surface area contributed by atoms with E-state index in [0.717, 1.165) is 17.1 Å². The van der Waals surface area contributed by atoms with Crippen LogP contribution in [0.3, 0.4) is 0 Å². The first-order chi connectivity index (χ1) is 9.04. The minimum atomic E-state index is 0.290. The summed E-state index contributed by atoms with van der Waals surface area (Å²) in [5.74, 6) is 0. The first kappa shape index (κ1) is 14.5. The molecule has 2 aromatic carbocycles. The Balaban J connectivity index is 1.98. The third-order valence-electron chi connectivity index (χ3n) is 2.79. The molecule has 0 radical (unpaired) electrons. The lowest BCUT2D eigenvalue weighted by atomic mass is 10.1. The van der Waals surface area contributed by atoms with Crippen LogP contribution in [0.15, 0.2) is 42.5 Å². The number of nitrogens with one attached hydrogen (secondary N) is 1. The van der Waals surface area contributed by atoms with Crippen LogP contribution in [0.4, 0.5) is 5.69 Å². The van der Waals surface area contributed by atoms with Crippen LogP contribution in [0.1, 0.15) is 12.5 Å².